The quantitative estimate of drug-likeness (QED) is 0.652. The maximum Gasteiger partial charge on any atom is 0.331 e. The van der Waals surface area contributed by atoms with Gasteiger partial charge >= 0.3 is 5.69 Å². The van der Waals surface area contributed by atoms with Crippen LogP contribution in [0, 0.1) is 17.1 Å². The minimum atomic E-state index is -0.746. The molecular formula is C17H15FN8O2. The molecule has 0 amide bonds. The van der Waals surface area contributed by atoms with E-state index in [9.17, 15) is 14.0 Å². The molecule has 2 aromatic heterocycles. The zero-order chi connectivity index (χ0) is 20.3. The van der Waals surface area contributed by atoms with E-state index in [1.165, 1.54) is 35.0 Å². The van der Waals surface area contributed by atoms with E-state index < -0.39 is 17.1 Å². The predicted molar refractivity (Wildman–Crippen MR) is 98.4 cm³/mol. The third-order valence-electron chi connectivity index (χ3n) is 3.80. The Balaban J connectivity index is 1.99. The first-order chi connectivity index (χ1) is 13.4. The molecule has 3 N–H and O–H groups in total. The van der Waals surface area contributed by atoms with Gasteiger partial charge in [0.1, 0.15) is 17.4 Å². The summed E-state index contributed by atoms with van der Waals surface area (Å²) in [5, 5.41) is 12.0. The van der Waals surface area contributed by atoms with Crippen molar-refractivity contribution in [3.8, 4) is 6.07 Å². The Morgan fingerprint density at radius 2 is 1.93 bits per heavy atom. The predicted octanol–water partition coefficient (Wildman–Crippen LogP) is 0.600. The van der Waals surface area contributed by atoms with Crippen LogP contribution in [0.1, 0.15) is 18.3 Å². The molecule has 28 heavy (non-hydrogen) atoms. The van der Waals surface area contributed by atoms with Crippen LogP contribution in [0.3, 0.4) is 0 Å². The Morgan fingerprint density at radius 1 is 1.21 bits per heavy atom. The zero-order valence-electron chi connectivity index (χ0n) is 14.8. The number of aromatic nitrogens is 5. The number of hydrogen-bond acceptors (Lipinski definition) is 8. The molecule has 3 rings (SSSR count). The largest absolute Gasteiger partial charge is 0.368 e. The molecule has 0 radical (unpaired) electrons. The van der Waals surface area contributed by atoms with E-state index >= 15 is 0 Å². The van der Waals surface area contributed by atoms with Crippen LogP contribution in [-0.2, 0) is 13.1 Å². The van der Waals surface area contributed by atoms with E-state index in [0.29, 0.717) is 5.69 Å². The van der Waals surface area contributed by atoms with Crippen molar-refractivity contribution in [3.05, 3.63) is 68.5 Å². The number of nitrogens with two attached hydrogens (primary N) is 1. The van der Waals surface area contributed by atoms with Crippen LogP contribution >= 0.6 is 0 Å². The fraction of sp³-hybridized carbons (Fsp3) is 0.176. The van der Waals surface area contributed by atoms with Crippen molar-refractivity contribution in [1.82, 2.24) is 24.1 Å². The van der Waals surface area contributed by atoms with E-state index in [0.717, 1.165) is 4.57 Å². The molecule has 11 heteroatoms. The van der Waals surface area contributed by atoms with Crippen molar-refractivity contribution in [2.45, 2.75) is 20.0 Å². The number of nitrogens with zero attached hydrogens (tertiary/aromatic N) is 6. The van der Waals surface area contributed by atoms with Crippen LogP contribution in [0.5, 0.6) is 0 Å². The van der Waals surface area contributed by atoms with Crippen LogP contribution in [0.25, 0.3) is 0 Å². The van der Waals surface area contributed by atoms with Gasteiger partial charge in [-0.2, -0.15) is 20.2 Å². The average Bonchev–Trinajstić information content (AvgIpc) is 2.67. The number of nitrogens with one attached hydrogen (secondary N) is 1. The minimum absolute atomic E-state index is 0.0501. The van der Waals surface area contributed by atoms with Crippen molar-refractivity contribution in [3.63, 3.8) is 0 Å². The topological polar surface area (TPSA) is 145 Å². The third-order valence-corrected chi connectivity index (χ3v) is 3.80. The summed E-state index contributed by atoms with van der Waals surface area (Å²) in [7, 11) is 0. The molecule has 0 bridgehead atoms. The van der Waals surface area contributed by atoms with Gasteiger partial charge in [-0.05, 0) is 31.2 Å². The number of aryl methyl sites for hydroxylation is 1. The molecule has 1 aromatic carbocycles. The molecule has 0 aliphatic carbocycles. The van der Waals surface area contributed by atoms with Crippen molar-refractivity contribution in [1.29, 1.82) is 5.26 Å². The van der Waals surface area contributed by atoms with E-state index in [2.05, 4.69) is 20.3 Å². The molecule has 0 aliphatic rings. The Bertz CT molecular complexity index is 1180. The van der Waals surface area contributed by atoms with Gasteiger partial charge in [0, 0.05) is 18.4 Å². The van der Waals surface area contributed by atoms with Crippen LogP contribution in [-0.4, -0.2) is 24.1 Å². The lowest BCUT2D eigenvalue weighted by atomic mass is 10.3. The molecule has 0 saturated heterocycles. The summed E-state index contributed by atoms with van der Waals surface area (Å²) in [6.07, 6.45) is 1.21. The smallest absolute Gasteiger partial charge is 0.331 e. The summed E-state index contributed by atoms with van der Waals surface area (Å²) in [5.74, 6) is -0.413. The molecule has 10 nitrogen and oxygen atoms in total. The highest BCUT2D eigenvalue weighted by atomic mass is 19.1. The summed E-state index contributed by atoms with van der Waals surface area (Å²) in [5.41, 5.74) is 4.69. The molecule has 0 fully saturated rings. The van der Waals surface area contributed by atoms with Gasteiger partial charge in [0.05, 0.1) is 6.54 Å². The highest BCUT2D eigenvalue weighted by Gasteiger charge is 2.14. The van der Waals surface area contributed by atoms with Gasteiger partial charge in [-0.25, -0.2) is 9.18 Å². The van der Waals surface area contributed by atoms with Gasteiger partial charge in [0.15, 0.2) is 5.82 Å². The lowest BCUT2D eigenvalue weighted by molar-refractivity contribution is 0.585. The maximum atomic E-state index is 13.0. The Morgan fingerprint density at radius 3 is 2.57 bits per heavy atom. The lowest BCUT2D eigenvalue weighted by Gasteiger charge is -2.10. The fourth-order valence-corrected chi connectivity index (χ4v) is 2.46. The van der Waals surface area contributed by atoms with Crippen molar-refractivity contribution in [2.24, 2.45) is 0 Å². The Labute approximate surface area is 157 Å². The molecule has 3 aromatic rings. The standard InChI is InChI=1S/C17H15FN8O2/c1-2-25-8-10(7-19)14(27)26(17(25)28)9-13-22-15(20)24-16(23-13)21-12-5-3-11(18)4-6-12/h3-6,8H,2,9H2,1H3,(H3,20,21,22,23,24). The van der Waals surface area contributed by atoms with Crippen LogP contribution in [0.4, 0.5) is 22.0 Å². The highest BCUT2D eigenvalue weighted by Crippen LogP contribution is 2.14. The number of benzene rings is 1. The van der Waals surface area contributed by atoms with Gasteiger partial charge in [-0.1, -0.05) is 0 Å². The van der Waals surface area contributed by atoms with Gasteiger partial charge in [-0.3, -0.25) is 13.9 Å². The van der Waals surface area contributed by atoms with Gasteiger partial charge in [0.2, 0.25) is 11.9 Å². The Kier molecular flexibility index (Phi) is 5.12. The summed E-state index contributed by atoms with van der Waals surface area (Å²) >= 11 is 0. The van der Waals surface area contributed by atoms with E-state index in [1.54, 1.807) is 13.0 Å². The number of hydrogen-bond donors (Lipinski definition) is 2. The summed E-state index contributed by atoms with van der Waals surface area (Å²) in [6.45, 7) is 1.70. The number of nitriles is 1. The monoisotopic (exact) mass is 382 g/mol. The van der Waals surface area contributed by atoms with Gasteiger partial charge < -0.3 is 11.1 Å². The number of nitrogen functional groups attached to an aromatic ring is 1. The first kappa shape index (κ1) is 18.7. The van der Waals surface area contributed by atoms with Gasteiger partial charge in [-0.15, -0.1) is 0 Å². The van der Waals surface area contributed by atoms with E-state index in [-0.39, 0.29) is 36.4 Å². The lowest BCUT2D eigenvalue weighted by Crippen LogP contribution is -2.41. The zero-order valence-corrected chi connectivity index (χ0v) is 14.8. The normalized spacial score (nSPS) is 10.5. The molecule has 142 valence electrons. The van der Waals surface area contributed by atoms with Crippen LogP contribution < -0.4 is 22.3 Å². The minimum Gasteiger partial charge on any atom is -0.368 e. The number of rotatable bonds is 5. The molecule has 0 unspecified atom stereocenters. The molecule has 0 atom stereocenters. The van der Waals surface area contributed by atoms with E-state index in [1.807, 2.05) is 0 Å². The van der Waals surface area contributed by atoms with Crippen LogP contribution in [0.2, 0.25) is 0 Å². The fourth-order valence-electron chi connectivity index (χ4n) is 2.46. The second-order valence-electron chi connectivity index (χ2n) is 5.68. The number of halogens is 1. The number of anilines is 3. The molecule has 0 aliphatic heterocycles. The van der Waals surface area contributed by atoms with Gasteiger partial charge in [0.25, 0.3) is 5.56 Å². The first-order valence-electron chi connectivity index (χ1n) is 8.18. The first-order valence-corrected chi connectivity index (χ1v) is 8.18. The molecule has 0 spiro atoms. The molecule has 2 heterocycles. The maximum absolute atomic E-state index is 13.0. The second-order valence-corrected chi connectivity index (χ2v) is 5.68. The van der Waals surface area contributed by atoms with Crippen LogP contribution in [0.15, 0.2) is 40.1 Å². The molecule has 0 saturated carbocycles. The summed E-state index contributed by atoms with van der Waals surface area (Å²) < 4.78 is 15.1. The van der Waals surface area contributed by atoms with Crippen molar-refractivity contribution >= 4 is 17.6 Å². The molecular weight excluding hydrogens is 367 g/mol. The SMILES string of the molecule is CCn1cc(C#N)c(=O)n(Cc2nc(N)nc(Nc3ccc(F)cc3)n2)c1=O. The summed E-state index contributed by atoms with van der Waals surface area (Å²) in [6, 6.07) is 7.25. The highest BCUT2D eigenvalue weighted by molar-refractivity contribution is 5.53. The average molecular weight is 382 g/mol. The third kappa shape index (κ3) is 3.85. The second kappa shape index (κ2) is 7.67. The van der Waals surface area contributed by atoms with Crippen molar-refractivity contribution < 1.29 is 4.39 Å². The summed E-state index contributed by atoms with van der Waals surface area (Å²) in [4.78, 5) is 36.8. The van der Waals surface area contributed by atoms with E-state index in [4.69, 9.17) is 11.0 Å². The Hall–Kier alpha value is -4.07. The van der Waals surface area contributed by atoms with Crippen molar-refractivity contribution in [2.75, 3.05) is 11.1 Å².